The first-order valence-corrected chi connectivity index (χ1v) is 6.36. The lowest BCUT2D eigenvalue weighted by Crippen LogP contribution is -2.03. The molecule has 104 valence electrons. The maximum Gasteiger partial charge on any atom is 0.138 e. The van der Waals surface area contributed by atoms with Gasteiger partial charge in [0.25, 0.3) is 0 Å². The molecule has 0 bridgehead atoms. The largest absolute Gasteiger partial charge is 0.506 e. The average molecular weight is 251 g/mol. The molecule has 2 rings (SSSR count). The fourth-order valence-corrected chi connectivity index (χ4v) is 2.62. The van der Waals surface area contributed by atoms with Crippen molar-refractivity contribution in [3.63, 3.8) is 0 Å². The average Bonchev–Trinajstić information content (AvgIpc) is 2.22. The molecule has 1 fully saturated rings. The number of nitrogens with two attached hydrogens (primary N) is 1. The highest BCUT2D eigenvalue weighted by Gasteiger charge is 2.14. The van der Waals surface area contributed by atoms with Gasteiger partial charge in [-0.15, -0.1) is 0 Å². The minimum absolute atomic E-state index is 0. The van der Waals surface area contributed by atoms with Crippen LogP contribution in [0.5, 0.6) is 5.75 Å². The standard InChI is InChI=1S/C14H21NO.2CH4/c15-13-10-12(8-9-14(13)16)11-6-4-2-1-3-5-7-11;;/h8-11,16H,1-7,15H2;2*1H4. The Labute approximate surface area is 112 Å². The predicted molar refractivity (Wildman–Crippen MR) is 81.0 cm³/mol. The van der Waals surface area contributed by atoms with Crippen molar-refractivity contribution in [1.29, 1.82) is 0 Å². The van der Waals surface area contributed by atoms with Crippen molar-refractivity contribution < 1.29 is 5.11 Å². The van der Waals surface area contributed by atoms with Crippen molar-refractivity contribution in [1.82, 2.24) is 0 Å². The quantitative estimate of drug-likeness (QED) is 0.540. The molecule has 1 aliphatic rings. The minimum Gasteiger partial charge on any atom is -0.506 e. The van der Waals surface area contributed by atoms with Crippen molar-refractivity contribution in [2.75, 3.05) is 5.73 Å². The summed E-state index contributed by atoms with van der Waals surface area (Å²) in [5.41, 5.74) is 7.56. The molecule has 0 unspecified atom stereocenters. The number of hydrogen-bond donors (Lipinski definition) is 2. The van der Waals surface area contributed by atoms with Gasteiger partial charge in [-0.05, 0) is 36.5 Å². The van der Waals surface area contributed by atoms with Gasteiger partial charge in [0.05, 0.1) is 5.69 Å². The van der Waals surface area contributed by atoms with Crippen molar-refractivity contribution in [3.8, 4) is 5.75 Å². The Bertz CT molecular complexity index is 341. The lowest BCUT2D eigenvalue weighted by atomic mass is 9.86. The minimum atomic E-state index is 0. The van der Waals surface area contributed by atoms with E-state index in [1.54, 1.807) is 6.07 Å². The Morgan fingerprint density at radius 1 is 0.944 bits per heavy atom. The molecule has 0 aliphatic heterocycles. The lowest BCUT2D eigenvalue weighted by Gasteiger charge is -2.20. The van der Waals surface area contributed by atoms with Crippen LogP contribution in [-0.2, 0) is 0 Å². The van der Waals surface area contributed by atoms with Gasteiger partial charge in [0.1, 0.15) is 5.75 Å². The second-order valence-electron chi connectivity index (χ2n) is 4.86. The molecule has 1 aromatic rings. The summed E-state index contributed by atoms with van der Waals surface area (Å²) in [5, 5.41) is 9.42. The van der Waals surface area contributed by atoms with E-state index >= 15 is 0 Å². The molecule has 2 nitrogen and oxygen atoms in total. The van der Waals surface area contributed by atoms with E-state index in [4.69, 9.17) is 5.73 Å². The summed E-state index contributed by atoms with van der Waals surface area (Å²) in [5.74, 6) is 0.845. The van der Waals surface area contributed by atoms with Crippen LogP contribution in [0.1, 0.15) is 71.3 Å². The molecule has 0 amide bonds. The zero-order valence-corrected chi connectivity index (χ0v) is 9.78. The number of anilines is 1. The molecule has 2 heteroatoms. The predicted octanol–water partition coefficient (Wildman–Crippen LogP) is 5.07. The zero-order valence-electron chi connectivity index (χ0n) is 9.78. The van der Waals surface area contributed by atoms with E-state index in [0.717, 1.165) is 0 Å². The SMILES string of the molecule is C.C.Nc1cc(C2CCCCCCC2)ccc1O. The van der Waals surface area contributed by atoms with Gasteiger partial charge in [0.15, 0.2) is 0 Å². The van der Waals surface area contributed by atoms with Gasteiger partial charge in [-0.1, -0.05) is 53.0 Å². The normalized spacial score (nSPS) is 16.9. The first kappa shape index (κ1) is 16.8. The number of nitrogen functional groups attached to an aromatic ring is 1. The van der Waals surface area contributed by atoms with E-state index in [1.807, 2.05) is 12.1 Å². The van der Waals surface area contributed by atoms with Crippen LogP contribution in [0.25, 0.3) is 0 Å². The molecule has 18 heavy (non-hydrogen) atoms. The second kappa shape index (κ2) is 8.02. The summed E-state index contributed by atoms with van der Waals surface area (Å²) in [4.78, 5) is 0. The smallest absolute Gasteiger partial charge is 0.138 e. The molecule has 0 heterocycles. The third kappa shape index (κ3) is 4.25. The molecule has 3 N–H and O–H groups in total. The van der Waals surface area contributed by atoms with Gasteiger partial charge < -0.3 is 10.8 Å². The van der Waals surface area contributed by atoms with Crippen LogP contribution in [0.2, 0.25) is 0 Å². The van der Waals surface area contributed by atoms with Crippen LogP contribution >= 0.6 is 0 Å². The van der Waals surface area contributed by atoms with Gasteiger partial charge in [-0.25, -0.2) is 0 Å². The van der Waals surface area contributed by atoms with E-state index in [9.17, 15) is 5.11 Å². The Hall–Kier alpha value is -1.18. The summed E-state index contributed by atoms with van der Waals surface area (Å²) >= 11 is 0. The van der Waals surface area contributed by atoms with Crippen molar-refractivity contribution >= 4 is 5.69 Å². The van der Waals surface area contributed by atoms with Gasteiger partial charge >= 0.3 is 0 Å². The third-order valence-electron chi connectivity index (χ3n) is 3.63. The summed E-state index contributed by atoms with van der Waals surface area (Å²) in [7, 11) is 0. The zero-order chi connectivity index (χ0) is 11.4. The first-order chi connectivity index (χ1) is 7.77. The number of phenols is 1. The maximum absolute atomic E-state index is 9.42. The second-order valence-corrected chi connectivity index (χ2v) is 4.86. The van der Waals surface area contributed by atoms with Crippen LogP contribution in [0.4, 0.5) is 5.69 Å². The van der Waals surface area contributed by atoms with E-state index in [0.29, 0.717) is 11.6 Å². The van der Waals surface area contributed by atoms with E-state index in [1.165, 1.54) is 50.5 Å². The molecule has 0 aromatic heterocycles. The van der Waals surface area contributed by atoms with Crippen LogP contribution in [0.15, 0.2) is 18.2 Å². The van der Waals surface area contributed by atoms with Gasteiger partial charge in [-0.3, -0.25) is 0 Å². The van der Waals surface area contributed by atoms with Crippen LogP contribution in [-0.4, -0.2) is 5.11 Å². The van der Waals surface area contributed by atoms with Crippen LogP contribution < -0.4 is 5.73 Å². The molecular formula is C16H29NO. The summed E-state index contributed by atoms with van der Waals surface area (Å²) in [6.45, 7) is 0. The van der Waals surface area contributed by atoms with Gasteiger partial charge in [-0.2, -0.15) is 0 Å². The summed E-state index contributed by atoms with van der Waals surface area (Å²) in [6.07, 6.45) is 9.31. The van der Waals surface area contributed by atoms with Crippen LogP contribution in [0, 0.1) is 0 Å². The highest BCUT2D eigenvalue weighted by atomic mass is 16.3. The highest BCUT2D eigenvalue weighted by Crippen LogP contribution is 2.33. The summed E-state index contributed by atoms with van der Waals surface area (Å²) < 4.78 is 0. The number of benzene rings is 1. The van der Waals surface area contributed by atoms with Crippen molar-refractivity contribution in [2.24, 2.45) is 0 Å². The monoisotopic (exact) mass is 251 g/mol. The third-order valence-corrected chi connectivity index (χ3v) is 3.63. The topological polar surface area (TPSA) is 46.2 Å². The molecule has 0 saturated heterocycles. The number of hydrogen-bond acceptors (Lipinski definition) is 2. The number of rotatable bonds is 1. The van der Waals surface area contributed by atoms with Crippen LogP contribution in [0.3, 0.4) is 0 Å². The Morgan fingerprint density at radius 2 is 1.50 bits per heavy atom. The van der Waals surface area contributed by atoms with Gasteiger partial charge in [0, 0.05) is 0 Å². The van der Waals surface area contributed by atoms with E-state index in [-0.39, 0.29) is 20.6 Å². The summed E-state index contributed by atoms with van der Waals surface area (Å²) in [6, 6.07) is 5.70. The molecule has 1 saturated carbocycles. The molecule has 0 radical (unpaired) electrons. The highest BCUT2D eigenvalue weighted by molar-refractivity contribution is 5.53. The fraction of sp³-hybridized carbons (Fsp3) is 0.625. The molecule has 0 atom stereocenters. The Morgan fingerprint density at radius 3 is 2.06 bits per heavy atom. The van der Waals surface area contributed by atoms with Crippen molar-refractivity contribution in [3.05, 3.63) is 23.8 Å². The number of phenolic OH excluding ortho intramolecular Hbond substituents is 1. The lowest BCUT2D eigenvalue weighted by molar-refractivity contribution is 0.453. The molecule has 1 aromatic carbocycles. The van der Waals surface area contributed by atoms with E-state index in [2.05, 4.69) is 0 Å². The van der Waals surface area contributed by atoms with Gasteiger partial charge in [0.2, 0.25) is 0 Å². The maximum atomic E-state index is 9.42. The first-order valence-electron chi connectivity index (χ1n) is 6.36. The molecule has 0 spiro atoms. The number of aromatic hydroxyl groups is 1. The Balaban J connectivity index is 0.00000144. The molecule has 1 aliphatic carbocycles. The Kier molecular flexibility index (Phi) is 7.49. The van der Waals surface area contributed by atoms with Crippen molar-refractivity contribution in [2.45, 2.75) is 65.7 Å². The fourth-order valence-electron chi connectivity index (χ4n) is 2.62. The van der Waals surface area contributed by atoms with E-state index < -0.39 is 0 Å². The molecular weight excluding hydrogens is 222 g/mol.